The predicted octanol–water partition coefficient (Wildman–Crippen LogP) is 3.99. The van der Waals surface area contributed by atoms with E-state index in [1.54, 1.807) is 0 Å². The fourth-order valence-electron chi connectivity index (χ4n) is 3.09. The van der Waals surface area contributed by atoms with Gasteiger partial charge in [-0.05, 0) is 12.5 Å². The summed E-state index contributed by atoms with van der Waals surface area (Å²) >= 11 is 0. The van der Waals surface area contributed by atoms with Crippen molar-refractivity contribution in [3.63, 3.8) is 0 Å². The molecule has 0 fully saturated rings. The van der Waals surface area contributed by atoms with Crippen molar-refractivity contribution >= 4 is 22.9 Å². The van der Waals surface area contributed by atoms with E-state index < -0.39 is 0 Å². The third-order valence-electron chi connectivity index (χ3n) is 4.08. The first-order chi connectivity index (χ1) is 10.3. The molecule has 0 aliphatic carbocycles. The van der Waals surface area contributed by atoms with Gasteiger partial charge in [0.2, 0.25) is 0 Å². The van der Waals surface area contributed by atoms with Crippen LogP contribution in [0.1, 0.15) is 36.1 Å². The molecule has 1 N–H and O–H groups in total. The predicted molar refractivity (Wildman–Crippen MR) is 82.4 cm³/mol. The van der Waals surface area contributed by atoms with Crippen molar-refractivity contribution in [2.45, 2.75) is 19.4 Å². The van der Waals surface area contributed by atoms with Crippen LogP contribution in [0.3, 0.4) is 0 Å². The number of para-hydroxylation sites is 1. The van der Waals surface area contributed by atoms with Crippen LogP contribution in [0.15, 0.2) is 48.5 Å². The highest BCUT2D eigenvalue weighted by Gasteiger charge is 2.35. The molecule has 3 nitrogen and oxygen atoms in total. The van der Waals surface area contributed by atoms with Crippen LogP contribution in [-0.4, -0.2) is 5.91 Å². The molecular formula is C18H15NO2. The lowest BCUT2D eigenvalue weighted by atomic mass is 9.98. The summed E-state index contributed by atoms with van der Waals surface area (Å²) in [5.41, 5.74) is 4.62. The molecule has 2 heterocycles. The van der Waals surface area contributed by atoms with Gasteiger partial charge in [0.1, 0.15) is 11.9 Å². The monoisotopic (exact) mass is 277 g/mol. The van der Waals surface area contributed by atoms with Gasteiger partial charge in [0.05, 0.1) is 5.57 Å². The standard InChI is InChI=1S/C18H15NO2/c1-2-15-11-7-3-4-8-12(11)17(21-15)16-13-9-5-6-10-14(13)19-18(16)20/h3-10,15H,2H2,1H3,(H,19,20). The molecule has 3 heteroatoms. The third-order valence-corrected chi connectivity index (χ3v) is 4.08. The van der Waals surface area contributed by atoms with Crippen LogP contribution in [0.25, 0.3) is 11.3 Å². The van der Waals surface area contributed by atoms with Crippen molar-refractivity contribution in [1.82, 2.24) is 0 Å². The van der Waals surface area contributed by atoms with E-state index in [1.165, 1.54) is 5.56 Å². The van der Waals surface area contributed by atoms with Crippen LogP contribution in [0.4, 0.5) is 5.69 Å². The number of ether oxygens (including phenoxy) is 1. The number of anilines is 1. The fraction of sp³-hybridized carbons (Fsp3) is 0.167. The number of nitrogens with one attached hydrogen (secondary N) is 1. The maximum absolute atomic E-state index is 12.4. The Kier molecular flexibility index (Phi) is 2.61. The molecule has 1 unspecified atom stereocenters. The quantitative estimate of drug-likeness (QED) is 0.800. The van der Waals surface area contributed by atoms with E-state index in [2.05, 4.69) is 18.3 Å². The van der Waals surface area contributed by atoms with Crippen LogP contribution >= 0.6 is 0 Å². The lowest BCUT2D eigenvalue weighted by Crippen LogP contribution is -2.05. The molecule has 0 spiro atoms. The average molecular weight is 277 g/mol. The molecule has 2 aromatic carbocycles. The van der Waals surface area contributed by atoms with Crippen molar-refractivity contribution in [2.24, 2.45) is 0 Å². The lowest BCUT2D eigenvalue weighted by molar-refractivity contribution is -0.110. The minimum Gasteiger partial charge on any atom is -0.484 e. The highest BCUT2D eigenvalue weighted by molar-refractivity contribution is 6.36. The highest BCUT2D eigenvalue weighted by atomic mass is 16.5. The van der Waals surface area contributed by atoms with Gasteiger partial charge in [-0.25, -0.2) is 0 Å². The first kappa shape index (κ1) is 12.2. The summed E-state index contributed by atoms with van der Waals surface area (Å²) in [6, 6.07) is 15.8. The van der Waals surface area contributed by atoms with E-state index in [4.69, 9.17) is 4.74 Å². The number of fused-ring (bicyclic) bond motifs is 2. The molecular weight excluding hydrogens is 262 g/mol. The zero-order valence-corrected chi connectivity index (χ0v) is 11.7. The van der Waals surface area contributed by atoms with Crippen LogP contribution in [0.2, 0.25) is 0 Å². The Morgan fingerprint density at radius 3 is 2.57 bits per heavy atom. The van der Waals surface area contributed by atoms with Crippen molar-refractivity contribution in [3.8, 4) is 0 Å². The minimum absolute atomic E-state index is 0.0317. The summed E-state index contributed by atoms with van der Waals surface area (Å²) < 4.78 is 6.11. The SMILES string of the molecule is CCC1OC(=C2C(=O)Nc3ccccc32)c2ccccc21. The van der Waals surface area contributed by atoms with Gasteiger partial charge >= 0.3 is 0 Å². The first-order valence-electron chi connectivity index (χ1n) is 7.20. The van der Waals surface area contributed by atoms with Gasteiger partial charge in [0.15, 0.2) is 0 Å². The van der Waals surface area contributed by atoms with Gasteiger partial charge in [-0.1, -0.05) is 49.4 Å². The number of benzene rings is 2. The maximum atomic E-state index is 12.4. The molecule has 2 aliphatic heterocycles. The fourth-order valence-corrected chi connectivity index (χ4v) is 3.09. The molecule has 0 saturated carbocycles. The summed E-state index contributed by atoms with van der Waals surface area (Å²) in [7, 11) is 0. The van der Waals surface area contributed by atoms with Crippen LogP contribution in [0, 0.1) is 0 Å². The van der Waals surface area contributed by atoms with Crippen molar-refractivity contribution in [3.05, 3.63) is 65.2 Å². The molecule has 4 rings (SSSR count). The molecule has 2 aliphatic rings. The Morgan fingerprint density at radius 1 is 1.05 bits per heavy atom. The molecule has 1 atom stereocenters. The second-order valence-electron chi connectivity index (χ2n) is 5.31. The van der Waals surface area contributed by atoms with E-state index in [9.17, 15) is 4.79 Å². The van der Waals surface area contributed by atoms with Gasteiger partial charge in [0.25, 0.3) is 5.91 Å². The third kappa shape index (κ3) is 1.70. The molecule has 0 bridgehead atoms. The number of hydrogen-bond acceptors (Lipinski definition) is 2. The zero-order valence-electron chi connectivity index (χ0n) is 11.7. The van der Waals surface area contributed by atoms with Gasteiger partial charge in [0, 0.05) is 22.4 Å². The van der Waals surface area contributed by atoms with Crippen LogP contribution < -0.4 is 5.32 Å². The average Bonchev–Trinajstić information content (AvgIpc) is 3.04. The highest BCUT2D eigenvalue weighted by Crippen LogP contribution is 2.46. The van der Waals surface area contributed by atoms with Crippen molar-refractivity contribution < 1.29 is 9.53 Å². The van der Waals surface area contributed by atoms with Gasteiger partial charge < -0.3 is 10.1 Å². The Labute approximate surface area is 123 Å². The Bertz CT molecular complexity index is 776. The smallest absolute Gasteiger partial charge is 0.260 e. The lowest BCUT2D eigenvalue weighted by Gasteiger charge is -2.09. The van der Waals surface area contributed by atoms with E-state index in [0.717, 1.165) is 23.2 Å². The Morgan fingerprint density at radius 2 is 1.76 bits per heavy atom. The molecule has 0 saturated heterocycles. The van der Waals surface area contributed by atoms with Crippen LogP contribution in [-0.2, 0) is 9.53 Å². The molecule has 104 valence electrons. The minimum atomic E-state index is -0.0854. The number of hydrogen-bond donors (Lipinski definition) is 1. The number of amides is 1. The van der Waals surface area contributed by atoms with E-state index in [1.807, 2.05) is 42.5 Å². The van der Waals surface area contributed by atoms with Gasteiger partial charge in [-0.15, -0.1) is 0 Å². The summed E-state index contributed by atoms with van der Waals surface area (Å²) in [6.45, 7) is 2.09. The number of carbonyl (C=O) groups excluding carboxylic acids is 1. The summed E-state index contributed by atoms with van der Waals surface area (Å²) in [6.07, 6.45) is 0.918. The van der Waals surface area contributed by atoms with Crippen molar-refractivity contribution in [1.29, 1.82) is 0 Å². The largest absolute Gasteiger partial charge is 0.484 e. The molecule has 2 aromatic rings. The van der Waals surface area contributed by atoms with Gasteiger partial charge in [-0.3, -0.25) is 4.79 Å². The second kappa shape index (κ2) is 4.48. The number of carbonyl (C=O) groups is 1. The summed E-state index contributed by atoms with van der Waals surface area (Å²) in [5.74, 6) is 0.623. The van der Waals surface area contributed by atoms with Crippen LogP contribution in [0.5, 0.6) is 0 Å². The Balaban J connectivity index is 1.97. The summed E-state index contributed by atoms with van der Waals surface area (Å²) in [5, 5.41) is 2.91. The second-order valence-corrected chi connectivity index (χ2v) is 5.31. The Hall–Kier alpha value is -2.55. The van der Waals surface area contributed by atoms with E-state index in [-0.39, 0.29) is 12.0 Å². The van der Waals surface area contributed by atoms with E-state index >= 15 is 0 Å². The zero-order chi connectivity index (χ0) is 14.4. The maximum Gasteiger partial charge on any atom is 0.260 e. The molecule has 21 heavy (non-hydrogen) atoms. The topological polar surface area (TPSA) is 38.3 Å². The first-order valence-corrected chi connectivity index (χ1v) is 7.20. The molecule has 0 radical (unpaired) electrons. The van der Waals surface area contributed by atoms with Gasteiger partial charge in [-0.2, -0.15) is 0 Å². The summed E-state index contributed by atoms with van der Waals surface area (Å²) in [4.78, 5) is 12.4. The van der Waals surface area contributed by atoms with E-state index in [0.29, 0.717) is 11.3 Å². The molecule has 1 amide bonds. The number of rotatable bonds is 1. The normalized spacial score (nSPS) is 22.5. The van der Waals surface area contributed by atoms with Crippen molar-refractivity contribution in [2.75, 3.05) is 5.32 Å². The molecule has 0 aromatic heterocycles.